The van der Waals surface area contributed by atoms with Gasteiger partial charge in [0, 0.05) is 33.9 Å². The molecule has 0 aliphatic heterocycles. The van der Waals surface area contributed by atoms with Crippen molar-refractivity contribution in [3.8, 4) is 22.3 Å². The van der Waals surface area contributed by atoms with Gasteiger partial charge < -0.3 is 9.32 Å². The highest BCUT2D eigenvalue weighted by atomic mass is 16.3. The molecule has 1 aromatic heterocycles. The van der Waals surface area contributed by atoms with Gasteiger partial charge in [-0.05, 0) is 103 Å². The second kappa shape index (κ2) is 11.5. The van der Waals surface area contributed by atoms with Crippen molar-refractivity contribution in [1.29, 1.82) is 0 Å². The molecule has 0 unspecified atom stereocenters. The molecule has 0 aliphatic rings. The van der Waals surface area contributed by atoms with Gasteiger partial charge in [0.25, 0.3) is 0 Å². The van der Waals surface area contributed by atoms with Gasteiger partial charge in [0.05, 0.1) is 0 Å². The monoisotopic (exact) mass is 637 g/mol. The minimum absolute atomic E-state index is 0.877. The van der Waals surface area contributed by atoms with E-state index in [0.29, 0.717) is 0 Å². The summed E-state index contributed by atoms with van der Waals surface area (Å²) in [5.74, 6) is 0. The Bertz CT molecular complexity index is 2850. The molecular formula is C48H31NO. The van der Waals surface area contributed by atoms with Crippen LogP contribution in [-0.4, -0.2) is 0 Å². The molecule has 0 atom stereocenters. The van der Waals surface area contributed by atoms with Crippen molar-refractivity contribution in [2.24, 2.45) is 0 Å². The molecular weight excluding hydrogens is 607 g/mol. The molecule has 9 aromatic carbocycles. The molecule has 0 aliphatic carbocycles. The van der Waals surface area contributed by atoms with Crippen LogP contribution in [0, 0.1) is 0 Å². The SMILES string of the molecule is c1ccc(-c2ccc(N(c3ccc(-c4ccc5ccc6c7ccccc7ccc6c5c4)cc3)c3ccc4c(c3)oc3ccccc34)cc2)cc1. The first kappa shape index (κ1) is 28.4. The number of hydrogen-bond acceptors (Lipinski definition) is 2. The van der Waals surface area contributed by atoms with Crippen LogP contribution in [0.3, 0.4) is 0 Å². The zero-order chi connectivity index (χ0) is 33.0. The van der Waals surface area contributed by atoms with Crippen molar-refractivity contribution < 1.29 is 4.42 Å². The van der Waals surface area contributed by atoms with Crippen LogP contribution in [-0.2, 0) is 0 Å². The second-order valence-electron chi connectivity index (χ2n) is 13.0. The topological polar surface area (TPSA) is 16.4 Å². The van der Waals surface area contributed by atoms with Gasteiger partial charge in [-0.25, -0.2) is 0 Å². The van der Waals surface area contributed by atoms with E-state index >= 15 is 0 Å². The fraction of sp³-hybridized carbons (Fsp3) is 0. The minimum Gasteiger partial charge on any atom is -0.456 e. The zero-order valence-electron chi connectivity index (χ0n) is 27.3. The Balaban J connectivity index is 1.07. The van der Waals surface area contributed by atoms with E-state index in [-0.39, 0.29) is 0 Å². The van der Waals surface area contributed by atoms with E-state index in [2.05, 4.69) is 181 Å². The Morgan fingerprint density at radius 3 is 1.54 bits per heavy atom. The van der Waals surface area contributed by atoms with Crippen LogP contribution in [0.5, 0.6) is 0 Å². The highest BCUT2D eigenvalue weighted by Gasteiger charge is 2.16. The van der Waals surface area contributed by atoms with Gasteiger partial charge in [0.15, 0.2) is 0 Å². The zero-order valence-corrected chi connectivity index (χ0v) is 27.3. The Morgan fingerprint density at radius 2 is 0.780 bits per heavy atom. The Morgan fingerprint density at radius 1 is 0.280 bits per heavy atom. The molecule has 2 heteroatoms. The van der Waals surface area contributed by atoms with E-state index in [4.69, 9.17) is 4.42 Å². The lowest BCUT2D eigenvalue weighted by Crippen LogP contribution is -2.09. The molecule has 0 saturated carbocycles. The van der Waals surface area contributed by atoms with E-state index in [1.54, 1.807) is 0 Å². The van der Waals surface area contributed by atoms with E-state index in [1.165, 1.54) is 54.6 Å². The highest BCUT2D eigenvalue weighted by Crippen LogP contribution is 2.40. The van der Waals surface area contributed by atoms with Crippen LogP contribution < -0.4 is 4.90 Å². The van der Waals surface area contributed by atoms with Crippen LogP contribution in [0.1, 0.15) is 0 Å². The molecule has 0 saturated heterocycles. The molecule has 10 aromatic rings. The molecule has 50 heavy (non-hydrogen) atoms. The van der Waals surface area contributed by atoms with Crippen molar-refractivity contribution in [3.63, 3.8) is 0 Å². The molecule has 0 N–H and O–H groups in total. The lowest BCUT2D eigenvalue weighted by Gasteiger charge is -2.26. The molecule has 0 bridgehead atoms. The van der Waals surface area contributed by atoms with E-state index < -0.39 is 0 Å². The van der Waals surface area contributed by atoms with E-state index in [0.717, 1.165) is 39.0 Å². The van der Waals surface area contributed by atoms with E-state index in [9.17, 15) is 0 Å². The first-order valence-corrected chi connectivity index (χ1v) is 17.1. The van der Waals surface area contributed by atoms with Gasteiger partial charge in [-0.3, -0.25) is 0 Å². The maximum atomic E-state index is 6.33. The smallest absolute Gasteiger partial charge is 0.137 e. The third kappa shape index (κ3) is 4.73. The second-order valence-corrected chi connectivity index (χ2v) is 13.0. The number of anilines is 3. The van der Waals surface area contributed by atoms with Crippen LogP contribution in [0.25, 0.3) is 76.5 Å². The van der Waals surface area contributed by atoms with Crippen molar-refractivity contribution in [2.45, 2.75) is 0 Å². The van der Waals surface area contributed by atoms with Crippen molar-refractivity contribution in [3.05, 3.63) is 188 Å². The number of furan rings is 1. The van der Waals surface area contributed by atoms with Crippen molar-refractivity contribution in [2.75, 3.05) is 4.90 Å². The quantitative estimate of drug-likeness (QED) is 0.175. The molecule has 0 radical (unpaired) electrons. The lowest BCUT2D eigenvalue weighted by atomic mass is 9.94. The fourth-order valence-electron chi connectivity index (χ4n) is 7.53. The predicted octanol–water partition coefficient (Wildman–Crippen LogP) is 13.8. The number of benzene rings is 9. The Hall–Kier alpha value is -6.64. The third-order valence-electron chi connectivity index (χ3n) is 10.1. The average molecular weight is 638 g/mol. The summed E-state index contributed by atoms with van der Waals surface area (Å²) in [6.07, 6.45) is 0. The number of nitrogens with zero attached hydrogens (tertiary/aromatic N) is 1. The Labute approximate surface area is 290 Å². The average Bonchev–Trinajstić information content (AvgIpc) is 3.56. The summed E-state index contributed by atoms with van der Waals surface area (Å²) in [5, 5.41) is 9.91. The number of para-hydroxylation sites is 1. The normalized spacial score (nSPS) is 11.6. The maximum absolute atomic E-state index is 6.33. The van der Waals surface area contributed by atoms with Crippen molar-refractivity contribution >= 4 is 71.3 Å². The van der Waals surface area contributed by atoms with Crippen LogP contribution >= 0.6 is 0 Å². The summed E-state index contributed by atoms with van der Waals surface area (Å²) < 4.78 is 6.33. The van der Waals surface area contributed by atoms with Gasteiger partial charge in [-0.1, -0.05) is 133 Å². The third-order valence-corrected chi connectivity index (χ3v) is 10.1. The number of rotatable bonds is 5. The summed E-state index contributed by atoms with van der Waals surface area (Å²) in [6, 6.07) is 67.5. The van der Waals surface area contributed by atoms with Gasteiger partial charge in [-0.15, -0.1) is 0 Å². The molecule has 2 nitrogen and oxygen atoms in total. The maximum Gasteiger partial charge on any atom is 0.137 e. The summed E-state index contributed by atoms with van der Waals surface area (Å²) in [4.78, 5) is 2.31. The lowest BCUT2D eigenvalue weighted by molar-refractivity contribution is 0.669. The largest absolute Gasteiger partial charge is 0.456 e. The summed E-state index contributed by atoms with van der Waals surface area (Å²) in [7, 11) is 0. The van der Waals surface area contributed by atoms with Gasteiger partial charge in [0.1, 0.15) is 11.2 Å². The highest BCUT2D eigenvalue weighted by molar-refractivity contribution is 6.17. The minimum atomic E-state index is 0.877. The number of hydrogen-bond donors (Lipinski definition) is 0. The molecule has 1 heterocycles. The van der Waals surface area contributed by atoms with Crippen molar-refractivity contribution in [1.82, 2.24) is 0 Å². The first-order chi connectivity index (χ1) is 24.8. The predicted molar refractivity (Wildman–Crippen MR) is 212 cm³/mol. The standard InChI is InChI=1S/C48H31NO/c1-2-8-32(9-3-1)33-16-22-38(23-17-33)49(40-26-29-45-44-12-6-7-13-47(44)50-48(45)31-40)39-24-18-34(19-25-39)37-15-14-36-21-27-42-41-11-5-4-10-35(41)20-28-43(42)46(36)30-37/h1-31H. The first-order valence-electron chi connectivity index (χ1n) is 17.1. The summed E-state index contributed by atoms with van der Waals surface area (Å²) in [6.45, 7) is 0. The van der Waals surface area contributed by atoms with Gasteiger partial charge >= 0.3 is 0 Å². The van der Waals surface area contributed by atoms with Crippen LogP contribution in [0.15, 0.2) is 192 Å². The Kier molecular flexibility index (Phi) is 6.53. The van der Waals surface area contributed by atoms with E-state index in [1.807, 2.05) is 12.1 Å². The van der Waals surface area contributed by atoms with Gasteiger partial charge in [0.2, 0.25) is 0 Å². The van der Waals surface area contributed by atoms with Gasteiger partial charge in [-0.2, -0.15) is 0 Å². The fourth-order valence-corrected chi connectivity index (χ4v) is 7.53. The number of fused-ring (bicyclic) bond motifs is 8. The molecule has 0 amide bonds. The molecule has 234 valence electrons. The molecule has 0 fully saturated rings. The summed E-state index contributed by atoms with van der Waals surface area (Å²) in [5.41, 5.74) is 9.76. The van der Waals surface area contributed by atoms with Crippen LogP contribution in [0.2, 0.25) is 0 Å². The molecule has 10 rings (SSSR count). The molecule has 0 spiro atoms. The summed E-state index contributed by atoms with van der Waals surface area (Å²) >= 11 is 0. The van der Waals surface area contributed by atoms with Crippen LogP contribution in [0.4, 0.5) is 17.1 Å².